The molecule has 0 saturated heterocycles. The van der Waals surface area contributed by atoms with E-state index in [1.165, 1.54) is 0 Å². The van der Waals surface area contributed by atoms with Gasteiger partial charge in [0, 0.05) is 11.6 Å². The Morgan fingerprint density at radius 2 is 2.40 bits per heavy atom. The Morgan fingerprint density at radius 1 is 1.50 bits per heavy atom. The third-order valence-corrected chi connectivity index (χ3v) is 1.56. The molecule has 0 saturated carbocycles. The largest absolute Gasteiger partial charge is 0.345 e. The van der Waals surface area contributed by atoms with Gasteiger partial charge in [-0.1, -0.05) is 0 Å². The molecule has 0 bridgehead atoms. The molecule has 0 atom stereocenters. The first-order chi connectivity index (χ1) is 4.88. The molecule has 0 spiro atoms. The van der Waals surface area contributed by atoms with Crippen molar-refractivity contribution in [2.75, 3.05) is 0 Å². The van der Waals surface area contributed by atoms with E-state index in [9.17, 15) is 0 Å². The highest BCUT2D eigenvalue weighted by atomic mass is 15.1. The fourth-order valence-corrected chi connectivity index (χ4v) is 1.00. The van der Waals surface area contributed by atoms with Crippen molar-refractivity contribution in [3.63, 3.8) is 0 Å². The van der Waals surface area contributed by atoms with Gasteiger partial charge in [-0.2, -0.15) is 5.10 Å². The Balaban J connectivity index is 2.95. The molecule has 2 aromatic rings. The zero-order valence-corrected chi connectivity index (χ0v) is 5.63. The summed E-state index contributed by atoms with van der Waals surface area (Å²) in [5, 5.41) is 8.85. The maximum atomic E-state index is 3.90. The maximum absolute atomic E-state index is 3.90. The molecule has 0 aliphatic rings. The minimum Gasteiger partial charge on any atom is -0.345 e. The number of nitrogens with one attached hydrogen (secondary N) is 1. The highest BCUT2D eigenvalue weighted by Gasteiger charge is 1.96. The quantitative estimate of drug-likeness (QED) is 0.588. The van der Waals surface area contributed by atoms with Gasteiger partial charge >= 0.3 is 0 Å². The lowest BCUT2D eigenvalue weighted by Gasteiger charge is -1.89. The van der Waals surface area contributed by atoms with Crippen molar-refractivity contribution in [1.82, 2.24) is 15.2 Å². The fourth-order valence-electron chi connectivity index (χ4n) is 1.00. The van der Waals surface area contributed by atoms with Crippen LogP contribution >= 0.6 is 0 Å². The number of aryl methyl sites for hydroxylation is 1. The van der Waals surface area contributed by atoms with E-state index in [2.05, 4.69) is 15.2 Å². The van der Waals surface area contributed by atoms with E-state index < -0.39 is 0 Å². The molecule has 3 heteroatoms. The van der Waals surface area contributed by atoms with E-state index >= 15 is 0 Å². The van der Waals surface area contributed by atoms with Crippen molar-refractivity contribution in [1.29, 1.82) is 0 Å². The molecule has 2 aromatic heterocycles. The van der Waals surface area contributed by atoms with Gasteiger partial charge in [0.1, 0.15) is 0 Å². The molecule has 0 aliphatic heterocycles. The van der Waals surface area contributed by atoms with Crippen LogP contribution in [0.5, 0.6) is 0 Å². The van der Waals surface area contributed by atoms with Gasteiger partial charge in [-0.25, -0.2) is 0 Å². The van der Waals surface area contributed by atoms with Gasteiger partial charge < -0.3 is 4.98 Å². The van der Waals surface area contributed by atoms with Crippen LogP contribution in [0, 0.1) is 6.92 Å². The molecule has 3 nitrogen and oxygen atoms in total. The Morgan fingerprint density at radius 3 is 3.20 bits per heavy atom. The molecule has 0 unspecified atom stereocenters. The van der Waals surface area contributed by atoms with Gasteiger partial charge in [0.25, 0.3) is 0 Å². The van der Waals surface area contributed by atoms with Gasteiger partial charge in [0.2, 0.25) is 0 Å². The van der Waals surface area contributed by atoms with Crippen LogP contribution in [0.25, 0.3) is 11.0 Å². The molecule has 0 amide bonds. The first-order valence-electron chi connectivity index (χ1n) is 3.13. The van der Waals surface area contributed by atoms with Gasteiger partial charge in [0.15, 0.2) is 5.65 Å². The fraction of sp³-hybridized carbons (Fsp3) is 0.143. The minimum absolute atomic E-state index is 0.861. The van der Waals surface area contributed by atoms with Crippen LogP contribution in [0.1, 0.15) is 5.56 Å². The van der Waals surface area contributed by atoms with Crippen LogP contribution in [0.15, 0.2) is 18.5 Å². The summed E-state index contributed by atoms with van der Waals surface area (Å²) in [4.78, 5) is 2.99. The molecule has 0 fully saturated rings. The van der Waals surface area contributed by atoms with Gasteiger partial charge in [-0.3, -0.25) is 0 Å². The summed E-state index contributed by atoms with van der Waals surface area (Å²) < 4.78 is 0. The van der Waals surface area contributed by atoms with E-state index in [0.717, 1.165) is 16.6 Å². The Bertz CT molecular complexity index is 350. The lowest BCUT2D eigenvalue weighted by atomic mass is 10.2. The van der Waals surface area contributed by atoms with Crippen LogP contribution < -0.4 is 0 Å². The molecule has 2 heterocycles. The van der Waals surface area contributed by atoms with E-state index in [4.69, 9.17) is 0 Å². The Kier molecular flexibility index (Phi) is 0.974. The van der Waals surface area contributed by atoms with E-state index in [1.807, 2.05) is 19.2 Å². The Labute approximate surface area is 58.1 Å². The van der Waals surface area contributed by atoms with E-state index in [-0.39, 0.29) is 0 Å². The summed E-state index contributed by atoms with van der Waals surface area (Å²) in [6.07, 6.45) is 3.63. The summed E-state index contributed by atoms with van der Waals surface area (Å²) in [6.45, 7) is 2.02. The normalized spacial score (nSPS) is 10.5. The second-order valence-corrected chi connectivity index (χ2v) is 2.27. The molecule has 10 heavy (non-hydrogen) atoms. The lowest BCUT2D eigenvalue weighted by Crippen LogP contribution is -1.83. The zero-order valence-electron chi connectivity index (χ0n) is 5.63. The zero-order chi connectivity index (χ0) is 6.97. The van der Waals surface area contributed by atoms with E-state index in [1.54, 1.807) is 6.20 Å². The number of hydrogen-bond acceptors (Lipinski definition) is 2. The first kappa shape index (κ1) is 5.41. The van der Waals surface area contributed by atoms with Gasteiger partial charge in [0.05, 0.1) is 6.20 Å². The number of hydrogen-bond donors (Lipinski definition) is 1. The second kappa shape index (κ2) is 1.80. The maximum Gasteiger partial charge on any atom is 0.160 e. The topological polar surface area (TPSA) is 41.6 Å². The number of rotatable bonds is 0. The van der Waals surface area contributed by atoms with Crippen LogP contribution in [-0.2, 0) is 0 Å². The third kappa shape index (κ3) is 0.603. The van der Waals surface area contributed by atoms with E-state index in [0.29, 0.717) is 0 Å². The lowest BCUT2D eigenvalue weighted by molar-refractivity contribution is 1.05. The number of H-pyrrole nitrogens is 1. The smallest absolute Gasteiger partial charge is 0.160 e. The number of aromatic nitrogens is 3. The molecular weight excluding hydrogens is 126 g/mol. The van der Waals surface area contributed by atoms with Crippen LogP contribution in [-0.4, -0.2) is 15.2 Å². The summed E-state index contributed by atoms with van der Waals surface area (Å²) in [5.41, 5.74) is 2.02. The summed E-state index contributed by atoms with van der Waals surface area (Å²) in [6, 6.07) is 2.00. The number of aromatic amines is 1. The van der Waals surface area contributed by atoms with Crippen molar-refractivity contribution in [2.45, 2.75) is 6.92 Å². The summed E-state index contributed by atoms with van der Waals surface area (Å²) in [5.74, 6) is 0. The van der Waals surface area contributed by atoms with Gasteiger partial charge in [-0.15, -0.1) is 5.10 Å². The average molecular weight is 133 g/mol. The molecule has 0 aromatic carbocycles. The van der Waals surface area contributed by atoms with Crippen molar-refractivity contribution in [2.24, 2.45) is 0 Å². The predicted molar refractivity (Wildman–Crippen MR) is 38.6 cm³/mol. The van der Waals surface area contributed by atoms with Crippen LogP contribution in [0.2, 0.25) is 0 Å². The predicted octanol–water partition coefficient (Wildman–Crippen LogP) is 1.27. The highest BCUT2D eigenvalue weighted by molar-refractivity contribution is 5.77. The van der Waals surface area contributed by atoms with Crippen molar-refractivity contribution < 1.29 is 0 Å². The number of fused-ring (bicyclic) bond motifs is 1. The molecule has 1 N–H and O–H groups in total. The SMILES string of the molecule is Cc1cnnc2[nH]ccc12. The van der Waals surface area contributed by atoms with Gasteiger partial charge in [-0.05, 0) is 18.6 Å². The van der Waals surface area contributed by atoms with Crippen molar-refractivity contribution >= 4 is 11.0 Å². The van der Waals surface area contributed by atoms with Crippen molar-refractivity contribution in [3.8, 4) is 0 Å². The molecular formula is C7H7N3. The third-order valence-electron chi connectivity index (χ3n) is 1.56. The average Bonchev–Trinajstić information content (AvgIpc) is 2.36. The molecule has 0 radical (unpaired) electrons. The van der Waals surface area contributed by atoms with Crippen LogP contribution in [0.3, 0.4) is 0 Å². The standard InChI is InChI=1S/C7H7N3/c1-5-4-9-10-7-6(5)2-3-8-7/h2-4H,1H3,(H,8,10). The first-order valence-corrected chi connectivity index (χ1v) is 3.13. The molecule has 0 aliphatic carbocycles. The second-order valence-electron chi connectivity index (χ2n) is 2.27. The van der Waals surface area contributed by atoms with Crippen molar-refractivity contribution in [3.05, 3.63) is 24.0 Å². The monoisotopic (exact) mass is 133 g/mol. The summed E-state index contributed by atoms with van der Waals surface area (Å²) in [7, 11) is 0. The summed E-state index contributed by atoms with van der Waals surface area (Å²) >= 11 is 0. The minimum atomic E-state index is 0.861. The Hall–Kier alpha value is -1.38. The molecule has 2 rings (SSSR count). The molecule has 50 valence electrons. The number of nitrogens with zero attached hydrogens (tertiary/aromatic N) is 2. The highest BCUT2D eigenvalue weighted by Crippen LogP contribution is 2.11. The van der Waals surface area contributed by atoms with Crippen LogP contribution in [0.4, 0.5) is 0 Å².